The van der Waals surface area contributed by atoms with Crippen LogP contribution in [0.1, 0.15) is 0 Å². The van der Waals surface area contributed by atoms with Gasteiger partial charge in [-0.2, -0.15) is 0 Å². The van der Waals surface area contributed by atoms with Crippen molar-refractivity contribution >= 4 is 43.6 Å². The van der Waals surface area contributed by atoms with Gasteiger partial charge in [-0.3, -0.25) is 0 Å². The highest BCUT2D eigenvalue weighted by Crippen LogP contribution is 2.44. The molecule has 0 bridgehead atoms. The summed E-state index contributed by atoms with van der Waals surface area (Å²) in [6, 6.07) is 70.4. The Morgan fingerprint density at radius 1 is 0.304 bits per heavy atom. The lowest BCUT2D eigenvalue weighted by Crippen LogP contribution is -2.06. The third-order valence-corrected chi connectivity index (χ3v) is 10.8. The summed E-state index contributed by atoms with van der Waals surface area (Å²) in [6.07, 6.45) is 0. The van der Waals surface area contributed by atoms with Crippen molar-refractivity contribution in [3.63, 3.8) is 0 Å². The van der Waals surface area contributed by atoms with Crippen LogP contribution in [0.3, 0.4) is 0 Å². The number of fused-ring (bicyclic) bond motifs is 6. The van der Waals surface area contributed by atoms with Crippen LogP contribution in [0.25, 0.3) is 100 Å². The van der Waals surface area contributed by atoms with Crippen LogP contribution in [0.2, 0.25) is 0 Å². The topological polar surface area (TPSA) is 48.5 Å². The average molecular weight is 716 g/mol. The summed E-state index contributed by atoms with van der Waals surface area (Å²) in [5.41, 5.74) is 11.6. The van der Waals surface area contributed by atoms with Gasteiger partial charge in [0.2, 0.25) is 0 Å². The number of para-hydroxylation sites is 3. The molecule has 0 fully saturated rings. The maximum atomic E-state index is 5.31. The van der Waals surface area contributed by atoms with E-state index in [1.54, 1.807) is 0 Å². The van der Waals surface area contributed by atoms with Crippen molar-refractivity contribution < 1.29 is 0 Å². The number of hydrogen-bond acceptors (Lipinski definition) is 3. The standard InChI is InChI=1S/C51H33N5/c1-5-17-34(18-6-1)37-29-30-41-39-25-13-16-28-45(39)56(46(41)33-37)48-43(32-31-42-40-26-14-15-27-44(40)55(47(42)48)38-23-11-4-12-24-38)51-53-49(35-19-7-2-8-20-35)52-50(54-51)36-21-9-3-10-22-36/h1-33H. The monoisotopic (exact) mass is 715 g/mol. The van der Waals surface area contributed by atoms with Crippen molar-refractivity contribution in [1.29, 1.82) is 0 Å². The number of rotatable bonds is 6. The largest absolute Gasteiger partial charge is 0.307 e. The van der Waals surface area contributed by atoms with Crippen LogP contribution in [-0.2, 0) is 0 Å². The number of benzene rings is 8. The zero-order chi connectivity index (χ0) is 37.0. The molecule has 0 unspecified atom stereocenters. The molecule has 0 radical (unpaired) electrons. The minimum absolute atomic E-state index is 0.601. The second-order valence-corrected chi connectivity index (χ2v) is 14.0. The molecule has 262 valence electrons. The second-order valence-electron chi connectivity index (χ2n) is 14.0. The molecule has 5 nitrogen and oxygen atoms in total. The van der Waals surface area contributed by atoms with Crippen LogP contribution in [0, 0.1) is 0 Å². The molecule has 11 aromatic rings. The molecule has 0 atom stereocenters. The Kier molecular flexibility index (Phi) is 7.42. The number of aromatic nitrogens is 5. The predicted octanol–water partition coefficient (Wildman–Crippen LogP) is 12.7. The SMILES string of the molecule is c1ccc(-c2ccc3c4ccccc4n(-c4c(-c5nc(-c6ccccc6)nc(-c6ccccc6)n5)ccc5c6ccccc6n(-c6ccccc6)c45)c3c2)cc1. The van der Waals surface area contributed by atoms with Crippen LogP contribution in [-0.4, -0.2) is 24.1 Å². The summed E-state index contributed by atoms with van der Waals surface area (Å²) >= 11 is 0. The molecule has 5 heteroatoms. The molecule has 0 N–H and O–H groups in total. The first-order valence-electron chi connectivity index (χ1n) is 18.9. The highest BCUT2D eigenvalue weighted by atomic mass is 15.1. The summed E-state index contributed by atoms with van der Waals surface area (Å²) < 4.78 is 4.85. The fraction of sp³-hybridized carbons (Fsp3) is 0. The molecule has 0 aliphatic heterocycles. The second kappa shape index (κ2) is 13.0. The molecule has 0 saturated carbocycles. The van der Waals surface area contributed by atoms with E-state index in [0.717, 1.165) is 61.1 Å². The molecule has 56 heavy (non-hydrogen) atoms. The highest BCUT2D eigenvalue weighted by molar-refractivity contribution is 6.17. The van der Waals surface area contributed by atoms with Crippen molar-refractivity contribution in [3.8, 4) is 56.7 Å². The van der Waals surface area contributed by atoms with E-state index in [-0.39, 0.29) is 0 Å². The lowest BCUT2D eigenvalue weighted by Gasteiger charge is -2.18. The Morgan fingerprint density at radius 3 is 1.39 bits per heavy atom. The molecule has 0 amide bonds. The van der Waals surface area contributed by atoms with E-state index >= 15 is 0 Å². The molecule has 3 aromatic heterocycles. The molecule has 0 aliphatic carbocycles. The number of hydrogen-bond donors (Lipinski definition) is 0. The van der Waals surface area contributed by atoms with Crippen LogP contribution in [0.5, 0.6) is 0 Å². The molecule has 8 aromatic carbocycles. The Hall–Kier alpha value is -7.63. The number of nitrogens with zero attached hydrogens (tertiary/aromatic N) is 5. The van der Waals surface area contributed by atoms with Crippen molar-refractivity contribution in [1.82, 2.24) is 24.1 Å². The van der Waals surface area contributed by atoms with Gasteiger partial charge in [0.15, 0.2) is 17.5 Å². The first kappa shape index (κ1) is 31.9. The van der Waals surface area contributed by atoms with E-state index in [0.29, 0.717) is 17.5 Å². The third-order valence-electron chi connectivity index (χ3n) is 10.8. The summed E-state index contributed by atoms with van der Waals surface area (Å²) in [7, 11) is 0. The van der Waals surface area contributed by atoms with Crippen molar-refractivity contribution in [2.45, 2.75) is 0 Å². The molecule has 0 aliphatic rings. The van der Waals surface area contributed by atoms with Gasteiger partial charge in [0.25, 0.3) is 0 Å². The average Bonchev–Trinajstić information content (AvgIpc) is 3.80. The molecule has 11 rings (SSSR count). The van der Waals surface area contributed by atoms with Crippen LogP contribution in [0.4, 0.5) is 0 Å². The van der Waals surface area contributed by atoms with Gasteiger partial charge in [-0.15, -0.1) is 0 Å². The molecular weight excluding hydrogens is 683 g/mol. The van der Waals surface area contributed by atoms with Gasteiger partial charge in [-0.25, -0.2) is 15.0 Å². The van der Waals surface area contributed by atoms with Gasteiger partial charge in [-0.1, -0.05) is 164 Å². The highest BCUT2D eigenvalue weighted by Gasteiger charge is 2.25. The lowest BCUT2D eigenvalue weighted by molar-refractivity contribution is 1.06. The van der Waals surface area contributed by atoms with Crippen molar-refractivity contribution in [3.05, 3.63) is 200 Å². The lowest BCUT2D eigenvalue weighted by atomic mass is 10.0. The van der Waals surface area contributed by atoms with E-state index in [4.69, 9.17) is 15.0 Å². The minimum Gasteiger partial charge on any atom is -0.307 e. The summed E-state index contributed by atoms with van der Waals surface area (Å²) in [4.78, 5) is 15.7. The molecular formula is C51H33N5. The smallest absolute Gasteiger partial charge is 0.166 e. The fourth-order valence-electron chi connectivity index (χ4n) is 8.24. The fourth-order valence-corrected chi connectivity index (χ4v) is 8.24. The zero-order valence-corrected chi connectivity index (χ0v) is 30.3. The summed E-state index contributed by atoms with van der Waals surface area (Å²) in [5, 5.41) is 4.68. The molecule has 0 saturated heterocycles. The zero-order valence-electron chi connectivity index (χ0n) is 30.3. The Bertz CT molecular complexity index is 3160. The predicted molar refractivity (Wildman–Crippen MR) is 230 cm³/mol. The van der Waals surface area contributed by atoms with E-state index in [1.807, 2.05) is 36.4 Å². The quantitative estimate of drug-likeness (QED) is 0.172. The maximum absolute atomic E-state index is 5.31. The van der Waals surface area contributed by atoms with E-state index in [1.165, 1.54) is 21.7 Å². The normalized spacial score (nSPS) is 11.6. The van der Waals surface area contributed by atoms with Crippen LogP contribution < -0.4 is 0 Å². The van der Waals surface area contributed by atoms with Crippen LogP contribution >= 0.6 is 0 Å². The Labute approximate surface area is 323 Å². The van der Waals surface area contributed by atoms with Gasteiger partial charge >= 0.3 is 0 Å². The van der Waals surface area contributed by atoms with Crippen molar-refractivity contribution in [2.24, 2.45) is 0 Å². The summed E-state index contributed by atoms with van der Waals surface area (Å²) in [5.74, 6) is 1.85. The van der Waals surface area contributed by atoms with Gasteiger partial charge in [-0.05, 0) is 47.5 Å². The van der Waals surface area contributed by atoms with Gasteiger partial charge < -0.3 is 9.13 Å². The van der Waals surface area contributed by atoms with Gasteiger partial charge in [0.05, 0.1) is 27.8 Å². The van der Waals surface area contributed by atoms with Crippen LogP contribution in [0.15, 0.2) is 200 Å². The Morgan fingerprint density at radius 2 is 0.768 bits per heavy atom. The van der Waals surface area contributed by atoms with Crippen molar-refractivity contribution in [2.75, 3.05) is 0 Å². The first-order valence-corrected chi connectivity index (χ1v) is 18.9. The molecule has 3 heterocycles. The third kappa shape index (κ3) is 5.13. The molecule has 0 spiro atoms. The van der Waals surface area contributed by atoms with E-state index in [9.17, 15) is 0 Å². The summed E-state index contributed by atoms with van der Waals surface area (Å²) in [6.45, 7) is 0. The Balaban J connectivity index is 1.34. The maximum Gasteiger partial charge on any atom is 0.166 e. The minimum atomic E-state index is 0.601. The van der Waals surface area contributed by atoms with Gasteiger partial charge in [0.1, 0.15) is 0 Å². The van der Waals surface area contributed by atoms with Gasteiger partial charge in [0, 0.05) is 43.9 Å². The van der Waals surface area contributed by atoms with E-state index in [2.05, 4.69) is 173 Å². The first-order chi connectivity index (χ1) is 27.8. The van der Waals surface area contributed by atoms with E-state index < -0.39 is 0 Å².